The van der Waals surface area contributed by atoms with Gasteiger partial charge in [-0.2, -0.15) is 0 Å². The van der Waals surface area contributed by atoms with Crippen LogP contribution in [-0.4, -0.2) is 13.3 Å². The molecule has 78 valence electrons. The molecule has 0 aliphatic heterocycles. The molecule has 0 saturated carbocycles. The van der Waals surface area contributed by atoms with Crippen molar-refractivity contribution in [3.05, 3.63) is 35.9 Å². The van der Waals surface area contributed by atoms with Crippen LogP contribution in [-0.2, 0) is 11.3 Å². The van der Waals surface area contributed by atoms with Crippen molar-refractivity contribution < 1.29 is 9.13 Å². The highest BCUT2D eigenvalue weighted by Crippen LogP contribution is 2.02. The second-order valence-electron chi connectivity index (χ2n) is 3.29. The molecular formula is C12H17FO. The van der Waals surface area contributed by atoms with E-state index in [-0.39, 0.29) is 6.67 Å². The van der Waals surface area contributed by atoms with E-state index in [1.807, 2.05) is 30.3 Å². The Balaban J connectivity index is 1.99. The fourth-order valence-corrected chi connectivity index (χ4v) is 1.24. The van der Waals surface area contributed by atoms with Gasteiger partial charge in [-0.25, -0.2) is 0 Å². The summed E-state index contributed by atoms with van der Waals surface area (Å²) >= 11 is 0. The number of hydrogen-bond acceptors (Lipinski definition) is 1. The predicted octanol–water partition coefficient (Wildman–Crippen LogP) is 3.34. The molecule has 0 saturated heterocycles. The van der Waals surface area contributed by atoms with Crippen molar-refractivity contribution >= 4 is 0 Å². The summed E-state index contributed by atoms with van der Waals surface area (Å²) in [5.41, 5.74) is 1.19. The van der Waals surface area contributed by atoms with E-state index in [2.05, 4.69) is 0 Å². The van der Waals surface area contributed by atoms with Gasteiger partial charge < -0.3 is 4.74 Å². The van der Waals surface area contributed by atoms with E-state index in [0.29, 0.717) is 13.0 Å². The van der Waals surface area contributed by atoms with Gasteiger partial charge in [0.25, 0.3) is 0 Å². The third kappa shape index (κ3) is 4.97. The average molecular weight is 196 g/mol. The minimum absolute atomic E-state index is 0.210. The van der Waals surface area contributed by atoms with Gasteiger partial charge in [-0.1, -0.05) is 30.3 Å². The van der Waals surface area contributed by atoms with E-state index in [1.54, 1.807) is 0 Å². The number of unbranched alkanes of at least 4 members (excludes halogenated alkanes) is 2. The quantitative estimate of drug-likeness (QED) is 0.608. The Hall–Kier alpha value is -0.890. The second kappa shape index (κ2) is 7.51. The van der Waals surface area contributed by atoms with Crippen molar-refractivity contribution in [3.8, 4) is 0 Å². The maximum atomic E-state index is 11.7. The van der Waals surface area contributed by atoms with E-state index in [1.165, 1.54) is 5.56 Å². The van der Waals surface area contributed by atoms with Crippen LogP contribution in [0.1, 0.15) is 24.8 Å². The minimum atomic E-state index is -0.210. The normalized spacial score (nSPS) is 10.4. The molecule has 0 N–H and O–H groups in total. The number of alkyl halides is 1. The summed E-state index contributed by atoms with van der Waals surface area (Å²) < 4.78 is 17.2. The van der Waals surface area contributed by atoms with Crippen molar-refractivity contribution in [1.29, 1.82) is 0 Å². The predicted molar refractivity (Wildman–Crippen MR) is 55.9 cm³/mol. The van der Waals surface area contributed by atoms with E-state index in [0.717, 1.165) is 19.4 Å². The Morgan fingerprint density at radius 3 is 2.50 bits per heavy atom. The molecule has 0 aromatic heterocycles. The first kappa shape index (κ1) is 11.2. The van der Waals surface area contributed by atoms with Crippen molar-refractivity contribution in [3.63, 3.8) is 0 Å². The van der Waals surface area contributed by atoms with Crippen LogP contribution in [0.15, 0.2) is 30.3 Å². The topological polar surface area (TPSA) is 9.23 Å². The highest BCUT2D eigenvalue weighted by molar-refractivity contribution is 5.13. The highest BCUT2D eigenvalue weighted by Gasteiger charge is 1.92. The number of benzene rings is 1. The molecule has 1 aromatic carbocycles. The van der Waals surface area contributed by atoms with Gasteiger partial charge in [0, 0.05) is 6.61 Å². The Kier molecular flexibility index (Phi) is 6.00. The molecule has 0 unspecified atom stereocenters. The van der Waals surface area contributed by atoms with E-state index >= 15 is 0 Å². The zero-order valence-corrected chi connectivity index (χ0v) is 8.42. The Bertz CT molecular complexity index is 223. The van der Waals surface area contributed by atoms with Crippen LogP contribution in [0.3, 0.4) is 0 Å². The van der Waals surface area contributed by atoms with Crippen molar-refractivity contribution in [2.75, 3.05) is 13.3 Å². The fourth-order valence-electron chi connectivity index (χ4n) is 1.24. The Morgan fingerprint density at radius 2 is 1.79 bits per heavy atom. The number of halogens is 1. The van der Waals surface area contributed by atoms with Gasteiger partial charge in [-0.05, 0) is 24.8 Å². The first-order valence-corrected chi connectivity index (χ1v) is 5.11. The van der Waals surface area contributed by atoms with Gasteiger partial charge in [0.05, 0.1) is 13.3 Å². The SMILES string of the molecule is FCCCCCOCc1ccccc1. The van der Waals surface area contributed by atoms with Crippen LogP contribution in [0.25, 0.3) is 0 Å². The molecule has 1 rings (SSSR count). The Labute approximate surface area is 84.9 Å². The molecule has 0 atom stereocenters. The lowest BCUT2D eigenvalue weighted by atomic mass is 10.2. The molecule has 1 nitrogen and oxygen atoms in total. The smallest absolute Gasteiger partial charge is 0.0894 e. The molecule has 0 radical (unpaired) electrons. The summed E-state index contributed by atoms with van der Waals surface area (Å²) in [5.74, 6) is 0. The number of hydrogen-bond donors (Lipinski definition) is 0. The lowest BCUT2D eigenvalue weighted by molar-refractivity contribution is 0.116. The summed E-state index contributed by atoms with van der Waals surface area (Å²) in [5, 5.41) is 0. The summed E-state index contributed by atoms with van der Waals surface area (Å²) in [6.07, 6.45) is 2.54. The van der Waals surface area contributed by atoms with Gasteiger partial charge >= 0.3 is 0 Å². The van der Waals surface area contributed by atoms with Crippen LogP contribution in [0.2, 0.25) is 0 Å². The average Bonchev–Trinajstić information content (AvgIpc) is 2.25. The third-order valence-corrected chi connectivity index (χ3v) is 2.03. The van der Waals surface area contributed by atoms with Gasteiger partial charge in [-0.3, -0.25) is 4.39 Å². The molecule has 0 spiro atoms. The zero-order chi connectivity index (χ0) is 10.1. The van der Waals surface area contributed by atoms with Crippen LogP contribution >= 0.6 is 0 Å². The fraction of sp³-hybridized carbons (Fsp3) is 0.500. The van der Waals surface area contributed by atoms with Crippen LogP contribution in [0.4, 0.5) is 4.39 Å². The number of ether oxygens (including phenoxy) is 1. The third-order valence-electron chi connectivity index (χ3n) is 2.03. The zero-order valence-electron chi connectivity index (χ0n) is 8.42. The molecule has 1 aromatic rings. The minimum Gasteiger partial charge on any atom is -0.377 e. The molecule has 0 fully saturated rings. The van der Waals surface area contributed by atoms with E-state index in [4.69, 9.17) is 4.74 Å². The lowest BCUT2D eigenvalue weighted by Gasteiger charge is -2.03. The standard InChI is InChI=1S/C12H17FO/c13-9-5-2-6-10-14-11-12-7-3-1-4-8-12/h1,3-4,7-8H,2,5-6,9-11H2. The van der Waals surface area contributed by atoms with Crippen LogP contribution in [0, 0.1) is 0 Å². The molecule has 2 heteroatoms. The van der Waals surface area contributed by atoms with E-state index in [9.17, 15) is 4.39 Å². The largest absolute Gasteiger partial charge is 0.377 e. The van der Waals surface area contributed by atoms with Crippen molar-refractivity contribution in [1.82, 2.24) is 0 Å². The molecule has 14 heavy (non-hydrogen) atoms. The lowest BCUT2D eigenvalue weighted by Crippen LogP contribution is -1.95. The molecule has 0 aliphatic carbocycles. The summed E-state index contributed by atoms with van der Waals surface area (Å²) in [6.45, 7) is 1.18. The molecule has 0 amide bonds. The maximum Gasteiger partial charge on any atom is 0.0894 e. The van der Waals surface area contributed by atoms with Gasteiger partial charge in [0.15, 0.2) is 0 Å². The highest BCUT2D eigenvalue weighted by atomic mass is 19.1. The summed E-state index contributed by atoms with van der Waals surface area (Å²) in [6, 6.07) is 10.1. The maximum absolute atomic E-state index is 11.7. The van der Waals surface area contributed by atoms with Gasteiger partial charge in [-0.15, -0.1) is 0 Å². The van der Waals surface area contributed by atoms with Crippen molar-refractivity contribution in [2.45, 2.75) is 25.9 Å². The van der Waals surface area contributed by atoms with E-state index < -0.39 is 0 Å². The first-order valence-electron chi connectivity index (χ1n) is 5.11. The monoisotopic (exact) mass is 196 g/mol. The molecule has 0 bridgehead atoms. The van der Waals surface area contributed by atoms with Crippen molar-refractivity contribution in [2.24, 2.45) is 0 Å². The molecule has 0 heterocycles. The molecular weight excluding hydrogens is 179 g/mol. The summed E-state index contributed by atoms with van der Waals surface area (Å²) in [4.78, 5) is 0. The summed E-state index contributed by atoms with van der Waals surface area (Å²) in [7, 11) is 0. The van der Waals surface area contributed by atoms with Crippen LogP contribution < -0.4 is 0 Å². The molecule has 0 aliphatic rings. The first-order chi connectivity index (χ1) is 6.93. The van der Waals surface area contributed by atoms with Crippen LogP contribution in [0.5, 0.6) is 0 Å². The van der Waals surface area contributed by atoms with Gasteiger partial charge in [0.1, 0.15) is 0 Å². The number of rotatable bonds is 7. The Morgan fingerprint density at radius 1 is 1.00 bits per heavy atom. The van der Waals surface area contributed by atoms with Gasteiger partial charge in [0.2, 0.25) is 0 Å². The second-order valence-corrected chi connectivity index (χ2v) is 3.29.